The molecule has 1 amide bonds. The van der Waals surface area contributed by atoms with Crippen molar-refractivity contribution in [2.75, 3.05) is 0 Å². The van der Waals surface area contributed by atoms with E-state index >= 15 is 0 Å². The second-order valence-corrected chi connectivity index (χ2v) is 9.24. The summed E-state index contributed by atoms with van der Waals surface area (Å²) >= 11 is 0. The Balaban J connectivity index is 1.24. The van der Waals surface area contributed by atoms with Crippen molar-refractivity contribution < 1.29 is 9.90 Å². The maximum Gasteiger partial charge on any atom is 0.271 e. The van der Waals surface area contributed by atoms with E-state index in [0.29, 0.717) is 5.56 Å². The minimum atomic E-state index is -0.301. The molecule has 0 fully saturated rings. The first kappa shape index (κ1) is 24.7. The topological polar surface area (TPSA) is 71.6 Å². The number of aromatic hydroxyl groups is 1. The van der Waals surface area contributed by atoms with Gasteiger partial charge >= 0.3 is 0 Å². The van der Waals surface area contributed by atoms with Gasteiger partial charge in [-0.3, -0.25) is 4.79 Å². The number of hydrogen-bond acceptors (Lipinski definition) is 3. The Kier molecular flexibility index (Phi) is 6.80. The van der Waals surface area contributed by atoms with Crippen molar-refractivity contribution in [2.24, 2.45) is 5.10 Å². The van der Waals surface area contributed by atoms with Crippen LogP contribution in [0.4, 0.5) is 0 Å². The van der Waals surface area contributed by atoms with Gasteiger partial charge in [-0.1, -0.05) is 60.7 Å². The fraction of sp³-hybridized carbons (Fsp3) is 0. The first-order valence-corrected chi connectivity index (χ1v) is 12.9. The number of nitrogens with one attached hydrogen (secondary N) is 1. The number of carbonyl (C=O) groups excluding carboxylic acids is 1. The van der Waals surface area contributed by atoms with Crippen LogP contribution in [0.2, 0.25) is 0 Å². The highest BCUT2D eigenvalue weighted by molar-refractivity contribution is 5.95. The molecule has 6 nitrogen and oxygen atoms in total. The molecule has 40 heavy (non-hydrogen) atoms. The van der Waals surface area contributed by atoms with Gasteiger partial charge in [0.2, 0.25) is 0 Å². The molecular formula is C34H26N4O2. The molecule has 0 aliphatic rings. The first-order chi connectivity index (χ1) is 19.7. The van der Waals surface area contributed by atoms with E-state index in [1.807, 2.05) is 95.7 Å². The number of benzene rings is 4. The summed E-state index contributed by atoms with van der Waals surface area (Å²) in [5.41, 5.74) is 10.1. The Labute approximate surface area is 232 Å². The third-order valence-electron chi connectivity index (χ3n) is 6.68. The van der Waals surface area contributed by atoms with Gasteiger partial charge in [0, 0.05) is 23.1 Å². The van der Waals surface area contributed by atoms with E-state index in [1.165, 1.54) is 0 Å². The van der Waals surface area contributed by atoms with Crippen LogP contribution in [0.15, 0.2) is 145 Å². The summed E-state index contributed by atoms with van der Waals surface area (Å²) in [5.74, 6) is -0.0987. The molecule has 194 valence electrons. The Morgan fingerprint density at radius 2 is 1.23 bits per heavy atom. The minimum Gasteiger partial charge on any atom is -0.508 e. The van der Waals surface area contributed by atoms with Crippen LogP contribution >= 0.6 is 0 Å². The monoisotopic (exact) mass is 522 g/mol. The van der Waals surface area contributed by atoms with Gasteiger partial charge in [0.05, 0.1) is 23.3 Å². The molecule has 6 rings (SSSR count). The largest absolute Gasteiger partial charge is 0.508 e. The molecule has 0 saturated heterocycles. The molecule has 2 heterocycles. The van der Waals surface area contributed by atoms with Crippen LogP contribution in [0.5, 0.6) is 5.75 Å². The lowest BCUT2D eigenvalue weighted by molar-refractivity contribution is 0.0955. The smallest absolute Gasteiger partial charge is 0.271 e. The van der Waals surface area contributed by atoms with Gasteiger partial charge in [-0.2, -0.15) is 5.10 Å². The number of phenolic OH excluding ortho intramolecular Hbond substituents is 1. The second-order valence-electron chi connectivity index (χ2n) is 9.24. The highest BCUT2D eigenvalue weighted by Crippen LogP contribution is 2.32. The number of hydrogen-bond donors (Lipinski definition) is 2. The van der Waals surface area contributed by atoms with E-state index in [-0.39, 0.29) is 11.7 Å². The standard InChI is InChI=1S/C34H26N4O2/c39-31-19-17-28(18-20-31)37-23-7-12-30(37)24-35-36-34(40)27-13-15-29(16-14-27)38-32(25-8-3-1-4-9-25)21-22-33(38)26-10-5-2-6-11-26/h1-24,39H,(H,36,40)/b35-24-. The SMILES string of the molecule is O=C(N/N=C\c1cccn1-c1ccc(O)cc1)c1ccc(-n2c(-c3ccccc3)ccc2-c2ccccc2)cc1. The van der Waals surface area contributed by atoms with Crippen molar-refractivity contribution in [1.82, 2.24) is 14.6 Å². The van der Waals surface area contributed by atoms with Gasteiger partial charge in [-0.05, 0) is 83.9 Å². The Morgan fingerprint density at radius 3 is 1.82 bits per heavy atom. The fourth-order valence-corrected chi connectivity index (χ4v) is 4.71. The molecule has 0 aliphatic heterocycles. The van der Waals surface area contributed by atoms with Crippen LogP contribution < -0.4 is 5.43 Å². The number of hydrazone groups is 1. The zero-order chi connectivity index (χ0) is 27.3. The summed E-state index contributed by atoms with van der Waals surface area (Å²) in [5, 5.41) is 13.7. The lowest BCUT2D eigenvalue weighted by Crippen LogP contribution is -2.18. The highest BCUT2D eigenvalue weighted by Gasteiger charge is 2.14. The number of amides is 1. The van der Waals surface area contributed by atoms with Crippen LogP contribution in [0.1, 0.15) is 16.1 Å². The lowest BCUT2D eigenvalue weighted by atomic mass is 10.1. The summed E-state index contributed by atoms with van der Waals surface area (Å²) < 4.78 is 4.12. The van der Waals surface area contributed by atoms with Crippen molar-refractivity contribution >= 4 is 12.1 Å². The Morgan fingerprint density at radius 1 is 0.650 bits per heavy atom. The molecule has 4 aromatic carbocycles. The van der Waals surface area contributed by atoms with Gasteiger partial charge in [-0.15, -0.1) is 0 Å². The summed E-state index contributed by atoms with van der Waals surface area (Å²) in [6, 6.07) is 43.0. The molecule has 6 heteroatoms. The maximum absolute atomic E-state index is 12.9. The molecular weight excluding hydrogens is 496 g/mol. The number of nitrogens with zero attached hydrogens (tertiary/aromatic N) is 3. The average molecular weight is 523 g/mol. The predicted molar refractivity (Wildman–Crippen MR) is 159 cm³/mol. The van der Waals surface area contributed by atoms with Crippen LogP contribution in [0.25, 0.3) is 33.9 Å². The minimum absolute atomic E-state index is 0.203. The zero-order valence-electron chi connectivity index (χ0n) is 21.6. The second kappa shape index (κ2) is 11.0. The molecule has 0 spiro atoms. The van der Waals surface area contributed by atoms with Crippen molar-refractivity contribution in [3.63, 3.8) is 0 Å². The zero-order valence-corrected chi connectivity index (χ0v) is 21.6. The quantitative estimate of drug-likeness (QED) is 0.174. The molecule has 0 radical (unpaired) electrons. The molecule has 2 aromatic heterocycles. The third kappa shape index (κ3) is 5.06. The van der Waals surface area contributed by atoms with E-state index in [1.54, 1.807) is 18.3 Å². The van der Waals surface area contributed by atoms with Crippen LogP contribution in [-0.2, 0) is 0 Å². The first-order valence-electron chi connectivity index (χ1n) is 12.9. The van der Waals surface area contributed by atoms with E-state index in [9.17, 15) is 9.90 Å². The Bertz CT molecular complexity index is 1710. The fourth-order valence-electron chi connectivity index (χ4n) is 4.71. The predicted octanol–water partition coefficient (Wildman–Crippen LogP) is 7.07. The molecule has 0 aliphatic carbocycles. The van der Waals surface area contributed by atoms with E-state index in [4.69, 9.17) is 0 Å². The van der Waals surface area contributed by atoms with E-state index < -0.39 is 0 Å². The van der Waals surface area contributed by atoms with E-state index in [2.05, 4.69) is 51.5 Å². The van der Waals surface area contributed by atoms with Gasteiger partial charge < -0.3 is 14.2 Å². The lowest BCUT2D eigenvalue weighted by Gasteiger charge is -2.15. The summed E-state index contributed by atoms with van der Waals surface area (Å²) in [4.78, 5) is 12.9. The van der Waals surface area contributed by atoms with Gasteiger partial charge in [0.1, 0.15) is 5.75 Å². The number of aromatic nitrogens is 2. The summed E-state index contributed by atoms with van der Waals surface area (Å²) in [7, 11) is 0. The third-order valence-corrected chi connectivity index (χ3v) is 6.68. The van der Waals surface area contributed by atoms with Crippen LogP contribution in [0.3, 0.4) is 0 Å². The molecule has 0 bridgehead atoms. The Hall–Kier alpha value is -5.62. The molecule has 0 atom stereocenters. The molecule has 0 unspecified atom stereocenters. The van der Waals surface area contributed by atoms with Crippen molar-refractivity contribution in [2.45, 2.75) is 0 Å². The van der Waals surface area contributed by atoms with Crippen LogP contribution in [-0.4, -0.2) is 26.4 Å². The van der Waals surface area contributed by atoms with Crippen molar-refractivity contribution in [1.29, 1.82) is 0 Å². The van der Waals surface area contributed by atoms with Crippen molar-refractivity contribution in [3.05, 3.63) is 151 Å². The normalized spacial score (nSPS) is 11.1. The number of carbonyl (C=O) groups is 1. The summed E-state index contributed by atoms with van der Waals surface area (Å²) in [6.07, 6.45) is 3.49. The number of phenols is 1. The average Bonchev–Trinajstić information content (AvgIpc) is 3.66. The van der Waals surface area contributed by atoms with Crippen molar-refractivity contribution in [3.8, 4) is 39.6 Å². The van der Waals surface area contributed by atoms with Gasteiger partial charge in [0.25, 0.3) is 5.91 Å². The molecule has 6 aromatic rings. The highest BCUT2D eigenvalue weighted by atomic mass is 16.3. The van der Waals surface area contributed by atoms with E-state index in [0.717, 1.165) is 39.6 Å². The maximum atomic E-state index is 12.9. The number of rotatable bonds is 7. The molecule has 0 saturated carbocycles. The summed E-state index contributed by atoms with van der Waals surface area (Å²) in [6.45, 7) is 0. The van der Waals surface area contributed by atoms with Gasteiger partial charge in [0.15, 0.2) is 0 Å². The molecule has 2 N–H and O–H groups in total. The van der Waals surface area contributed by atoms with Crippen LogP contribution in [0, 0.1) is 0 Å². The van der Waals surface area contributed by atoms with Gasteiger partial charge in [-0.25, -0.2) is 5.43 Å².